The quantitative estimate of drug-likeness (QED) is 0.307. The second-order valence-corrected chi connectivity index (χ2v) is 11.2. The van der Waals surface area contributed by atoms with Gasteiger partial charge >= 0.3 is 0 Å². The van der Waals surface area contributed by atoms with Crippen LogP contribution in [0.5, 0.6) is 17.4 Å². The van der Waals surface area contributed by atoms with Crippen LogP contribution >= 0.6 is 0 Å². The standard InChI is InChI=1S/C32H40N6O7/c1-3-37-10-12-38(13-11-37)19-22-7-8-27(44-22)31(39)34-17-23-20-43-26-6-4-5-24(30(26)45-23)25-15-21(16-29(36-25)41-2)35-32(40)28-18-33-9-14-42-28/h4-8,15-16,23,28,33H,3,9-14,17-20H2,1-2H3,(H,34,39)(H,35,36,40)/t23-,28?/m1/s1. The van der Waals surface area contributed by atoms with Gasteiger partial charge in [0.15, 0.2) is 17.3 Å². The first-order valence-corrected chi connectivity index (χ1v) is 15.4. The number of likely N-dealkylation sites (N-methyl/N-ethyl adjacent to an activating group) is 1. The van der Waals surface area contributed by atoms with Gasteiger partial charge in [-0.15, -0.1) is 0 Å². The van der Waals surface area contributed by atoms with E-state index < -0.39 is 12.2 Å². The molecule has 2 saturated heterocycles. The molecule has 3 aliphatic rings. The van der Waals surface area contributed by atoms with Gasteiger partial charge in [-0.05, 0) is 36.9 Å². The van der Waals surface area contributed by atoms with Gasteiger partial charge in [-0.1, -0.05) is 13.0 Å². The highest BCUT2D eigenvalue weighted by atomic mass is 16.6. The first-order chi connectivity index (χ1) is 22.0. The predicted octanol–water partition coefficient (Wildman–Crippen LogP) is 1.98. The zero-order valence-corrected chi connectivity index (χ0v) is 25.7. The highest BCUT2D eigenvalue weighted by Crippen LogP contribution is 2.41. The van der Waals surface area contributed by atoms with Crippen LogP contribution < -0.4 is 30.2 Å². The fourth-order valence-corrected chi connectivity index (χ4v) is 5.58. The number of hydrogen-bond donors (Lipinski definition) is 3. The number of amides is 2. The Hall–Kier alpha value is -4.17. The second kappa shape index (κ2) is 14.3. The summed E-state index contributed by atoms with van der Waals surface area (Å²) in [6.45, 7) is 10.0. The summed E-state index contributed by atoms with van der Waals surface area (Å²) in [6.07, 6.45) is -1.04. The Labute approximate surface area is 262 Å². The molecule has 1 aromatic carbocycles. The Balaban J connectivity index is 1.09. The summed E-state index contributed by atoms with van der Waals surface area (Å²) < 4.78 is 29.2. The minimum absolute atomic E-state index is 0.212. The summed E-state index contributed by atoms with van der Waals surface area (Å²) in [6, 6.07) is 12.5. The summed E-state index contributed by atoms with van der Waals surface area (Å²) in [5.41, 5.74) is 1.69. The van der Waals surface area contributed by atoms with Crippen molar-refractivity contribution in [2.45, 2.75) is 25.7 Å². The first kappa shape index (κ1) is 30.8. The molecule has 5 heterocycles. The van der Waals surface area contributed by atoms with Crippen LogP contribution in [0.2, 0.25) is 0 Å². The van der Waals surface area contributed by atoms with Crippen LogP contribution in [0.1, 0.15) is 23.2 Å². The van der Waals surface area contributed by atoms with E-state index in [1.54, 1.807) is 18.2 Å². The molecule has 0 spiro atoms. The number of fused-ring (bicyclic) bond motifs is 1. The number of benzene rings is 1. The number of para-hydroxylation sites is 1. The number of carbonyl (C=O) groups excluding carboxylic acids is 2. The molecule has 2 amide bonds. The number of morpholine rings is 1. The Kier molecular flexibility index (Phi) is 9.79. The third-order valence-electron chi connectivity index (χ3n) is 8.13. The Morgan fingerprint density at radius 3 is 2.73 bits per heavy atom. The topological polar surface area (TPSA) is 140 Å². The maximum atomic E-state index is 12.9. The van der Waals surface area contributed by atoms with E-state index in [0.717, 1.165) is 38.5 Å². The van der Waals surface area contributed by atoms with Gasteiger partial charge in [0.1, 0.15) is 24.6 Å². The molecule has 6 rings (SSSR count). The fraction of sp³-hybridized carbons (Fsp3) is 0.469. The summed E-state index contributed by atoms with van der Waals surface area (Å²) in [5.74, 6) is 1.83. The van der Waals surface area contributed by atoms with Crippen molar-refractivity contribution >= 4 is 17.5 Å². The van der Waals surface area contributed by atoms with E-state index in [9.17, 15) is 9.59 Å². The van der Waals surface area contributed by atoms with E-state index in [4.69, 9.17) is 23.4 Å². The van der Waals surface area contributed by atoms with Crippen molar-refractivity contribution in [1.82, 2.24) is 25.4 Å². The molecule has 1 unspecified atom stereocenters. The molecule has 0 radical (unpaired) electrons. The summed E-state index contributed by atoms with van der Waals surface area (Å²) in [7, 11) is 1.51. The van der Waals surface area contributed by atoms with Gasteiger partial charge < -0.3 is 44.2 Å². The fourth-order valence-electron chi connectivity index (χ4n) is 5.58. The van der Waals surface area contributed by atoms with Crippen molar-refractivity contribution < 1.29 is 33.0 Å². The van der Waals surface area contributed by atoms with Crippen LogP contribution in [-0.4, -0.2) is 111 Å². The number of methoxy groups -OCH3 is 1. The van der Waals surface area contributed by atoms with Crippen molar-refractivity contribution in [3.05, 3.63) is 54.0 Å². The van der Waals surface area contributed by atoms with Gasteiger partial charge in [0.25, 0.3) is 11.8 Å². The highest BCUT2D eigenvalue weighted by molar-refractivity contribution is 5.95. The number of aromatic nitrogens is 1. The molecule has 13 nitrogen and oxygen atoms in total. The Bertz CT molecular complexity index is 1480. The van der Waals surface area contributed by atoms with Crippen molar-refractivity contribution in [2.24, 2.45) is 0 Å². The zero-order valence-electron chi connectivity index (χ0n) is 25.7. The molecule has 2 atom stereocenters. The van der Waals surface area contributed by atoms with E-state index >= 15 is 0 Å². The number of furan rings is 1. The van der Waals surface area contributed by atoms with Crippen molar-refractivity contribution in [1.29, 1.82) is 0 Å². The predicted molar refractivity (Wildman–Crippen MR) is 166 cm³/mol. The minimum Gasteiger partial charge on any atom is -0.486 e. The van der Waals surface area contributed by atoms with E-state index in [-0.39, 0.29) is 30.7 Å². The maximum absolute atomic E-state index is 12.9. The smallest absolute Gasteiger partial charge is 0.287 e. The maximum Gasteiger partial charge on any atom is 0.287 e. The third kappa shape index (κ3) is 7.56. The summed E-state index contributed by atoms with van der Waals surface area (Å²) in [4.78, 5) is 35.1. The number of anilines is 1. The van der Waals surface area contributed by atoms with E-state index in [1.807, 2.05) is 24.3 Å². The van der Waals surface area contributed by atoms with Crippen LogP contribution in [0.25, 0.3) is 11.3 Å². The van der Waals surface area contributed by atoms with Crippen molar-refractivity contribution in [3.8, 4) is 28.6 Å². The first-order valence-electron chi connectivity index (χ1n) is 15.4. The monoisotopic (exact) mass is 620 g/mol. The number of piperazine rings is 1. The number of rotatable bonds is 10. The lowest BCUT2D eigenvalue weighted by atomic mass is 10.1. The molecule has 0 bridgehead atoms. The van der Waals surface area contributed by atoms with E-state index in [2.05, 4.69) is 37.7 Å². The molecule has 45 heavy (non-hydrogen) atoms. The molecule has 0 saturated carbocycles. The molecule has 3 N–H and O–H groups in total. The highest BCUT2D eigenvalue weighted by Gasteiger charge is 2.27. The summed E-state index contributed by atoms with van der Waals surface area (Å²) in [5, 5.41) is 8.97. The van der Waals surface area contributed by atoms with Crippen LogP contribution in [0.3, 0.4) is 0 Å². The van der Waals surface area contributed by atoms with Crippen molar-refractivity contribution in [3.63, 3.8) is 0 Å². The molecule has 3 aromatic rings. The lowest BCUT2D eigenvalue weighted by Crippen LogP contribution is -2.45. The molecular weight excluding hydrogens is 580 g/mol. The number of nitrogens with zero attached hydrogens (tertiary/aromatic N) is 3. The van der Waals surface area contributed by atoms with Gasteiger partial charge in [-0.25, -0.2) is 4.98 Å². The average Bonchev–Trinajstić information content (AvgIpc) is 3.56. The number of ether oxygens (including phenoxy) is 4. The molecule has 2 fully saturated rings. The van der Waals surface area contributed by atoms with E-state index in [1.165, 1.54) is 7.11 Å². The average molecular weight is 621 g/mol. The Morgan fingerprint density at radius 1 is 1.11 bits per heavy atom. The number of nitrogens with one attached hydrogen (secondary N) is 3. The molecule has 2 aromatic heterocycles. The second-order valence-electron chi connectivity index (χ2n) is 11.2. The SMILES string of the molecule is CCN1CCN(Cc2ccc(C(=O)NC[C@@H]3COc4cccc(-c5cc(NC(=O)C6CNCCO6)cc(OC)n5)c4O3)o2)CC1. The van der Waals surface area contributed by atoms with Crippen LogP contribution in [0.4, 0.5) is 5.69 Å². The van der Waals surface area contributed by atoms with Gasteiger partial charge in [0, 0.05) is 56.6 Å². The normalized spacial score (nSPS) is 20.4. The molecule has 13 heteroatoms. The van der Waals surface area contributed by atoms with Gasteiger partial charge in [-0.2, -0.15) is 0 Å². The summed E-state index contributed by atoms with van der Waals surface area (Å²) >= 11 is 0. The van der Waals surface area contributed by atoms with E-state index in [0.29, 0.717) is 60.6 Å². The number of hydrogen-bond acceptors (Lipinski definition) is 11. The van der Waals surface area contributed by atoms with Gasteiger partial charge in [-0.3, -0.25) is 14.5 Å². The lowest BCUT2D eigenvalue weighted by molar-refractivity contribution is -0.128. The largest absolute Gasteiger partial charge is 0.486 e. The number of carbonyl (C=O) groups is 2. The number of pyridine rings is 1. The molecule has 0 aliphatic carbocycles. The van der Waals surface area contributed by atoms with Crippen LogP contribution in [0.15, 0.2) is 46.9 Å². The molecular formula is C32H40N6O7. The van der Waals surface area contributed by atoms with Gasteiger partial charge in [0.2, 0.25) is 5.88 Å². The van der Waals surface area contributed by atoms with Gasteiger partial charge in [0.05, 0.1) is 32.5 Å². The van der Waals surface area contributed by atoms with Crippen LogP contribution in [-0.2, 0) is 16.1 Å². The zero-order chi connectivity index (χ0) is 31.2. The van der Waals surface area contributed by atoms with Crippen molar-refractivity contribution in [2.75, 3.05) is 78.0 Å². The molecule has 240 valence electrons. The molecule has 3 aliphatic heterocycles. The lowest BCUT2D eigenvalue weighted by Gasteiger charge is -2.33. The third-order valence-corrected chi connectivity index (χ3v) is 8.13. The Morgan fingerprint density at radius 2 is 1.96 bits per heavy atom. The van der Waals surface area contributed by atoms with Crippen LogP contribution in [0, 0.1) is 0 Å². The minimum atomic E-state index is -0.590.